The lowest BCUT2D eigenvalue weighted by molar-refractivity contribution is -0.148. The molecule has 1 aromatic rings. The monoisotopic (exact) mass is 269 g/mol. The Bertz CT molecular complexity index is 407. The maximum Gasteiger partial charge on any atom is 0.326 e. The van der Waals surface area contributed by atoms with Crippen LogP contribution >= 0.6 is 11.8 Å². The Morgan fingerprint density at radius 1 is 1.50 bits per heavy atom. The largest absolute Gasteiger partial charge is 0.497 e. The van der Waals surface area contributed by atoms with Crippen molar-refractivity contribution < 1.29 is 14.3 Å². The van der Waals surface area contributed by atoms with Crippen LogP contribution in [0.2, 0.25) is 0 Å². The van der Waals surface area contributed by atoms with Crippen LogP contribution in [0.4, 0.5) is 0 Å². The molecule has 4 nitrogen and oxygen atoms in total. The highest BCUT2D eigenvalue weighted by molar-refractivity contribution is 7.99. The molecule has 1 unspecified atom stereocenters. The highest BCUT2D eigenvalue weighted by atomic mass is 32.2. The zero-order chi connectivity index (χ0) is 13.6. The summed E-state index contributed by atoms with van der Waals surface area (Å²) in [6, 6.07) is 7.64. The van der Waals surface area contributed by atoms with E-state index in [4.69, 9.17) is 15.2 Å². The molecule has 0 saturated carbocycles. The Kier molecular flexibility index (Phi) is 5.50. The molecule has 18 heavy (non-hydrogen) atoms. The quantitative estimate of drug-likeness (QED) is 0.633. The Labute approximate surface area is 112 Å². The highest BCUT2D eigenvalue weighted by Crippen LogP contribution is 2.25. The molecule has 0 spiro atoms. The van der Waals surface area contributed by atoms with E-state index < -0.39 is 5.54 Å². The third-order valence-corrected chi connectivity index (χ3v) is 3.65. The van der Waals surface area contributed by atoms with Crippen LogP contribution in [-0.4, -0.2) is 31.0 Å². The standard InChI is InChI=1S/C13H19NO3S/c1-4-17-12(15)13(2,14)9-18-11-7-5-6-10(8-11)16-3/h5-8H,4,9,14H2,1-3H3. The second-order valence-electron chi connectivity index (χ2n) is 4.11. The van der Waals surface area contributed by atoms with E-state index in [0.29, 0.717) is 12.4 Å². The van der Waals surface area contributed by atoms with Crippen molar-refractivity contribution in [3.8, 4) is 5.75 Å². The lowest BCUT2D eigenvalue weighted by Gasteiger charge is -2.21. The molecule has 0 bridgehead atoms. The van der Waals surface area contributed by atoms with Crippen LogP contribution in [-0.2, 0) is 9.53 Å². The summed E-state index contributed by atoms with van der Waals surface area (Å²) >= 11 is 1.51. The van der Waals surface area contributed by atoms with Crippen LogP contribution in [0.5, 0.6) is 5.75 Å². The summed E-state index contributed by atoms with van der Waals surface area (Å²) in [5.41, 5.74) is 4.96. The van der Waals surface area contributed by atoms with Gasteiger partial charge in [-0.05, 0) is 32.0 Å². The van der Waals surface area contributed by atoms with Crippen LogP contribution < -0.4 is 10.5 Å². The third kappa shape index (κ3) is 4.23. The van der Waals surface area contributed by atoms with Crippen LogP contribution in [0.3, 0.4) is 0 Å². The van der Waals surface area contributed by atoms with Gasteiger partial charge in [-0.2, -0.15) is 0 Å². The highest BCUT2D eigenvalue weighted by Gasteiger charge is 2.29. The van der Waals surface area contributed by atoms with Crippen molar-refractivity contribution in [3.63, 3.8) is 0 Å². The van der Waals surface area contributed by atoms with Crippen molar-refractivity contribution in [2.45, 2.75) is 24.3 Å². The molecule has 100 valence electrons. The van der Waals surface area contributed by atoms with E-state index in [-0.39, 0.29) is 5.97 Å². The molecule has 1 atom stereocenters. The molecule has 1 rings (SSSR count). The van der Waals surface area contributed by atoms with Gasteiger partial charge >= 0.3 is 5.97 Å². The number of ether oxygens (including phenoxy) is 2. The average Bonchev–Trinajstić information content (AvgIpc) is 2.37. The van der Waals surface area contributed by atoms with Gasteiger partial charge in [-0.3, -0.25) is 4.79 Å². The molecule has 0 saturated heterocycles. The summed E-state index contributed by atoms with van der Waals surface area (Å²) in [4.78, 5) is 12.6. The molecule has 0 aromatic heterocycles. The van der Waals surface area contributed by atoms with Crippen LogP contribution in [0.1, 0.15) is 13.8 Å². The number of hydrogen-bond donors (Lipinski definition) is 1. The summed E-state index contributed by atoms with van der Waals surface area (Å²) in [6.45, 7) is 3.79. The van der Waals surface area contributed by atoms with Gasteiger partial charge in [0, 0.05) is 10.6 Å². The van der Waals surface area contributed by atoms with Gasteiger partial charge in [0.2, 0.25) is 0 Å². The SMILES string of the molecule is CCOC(=O)C(C)(N)CSc1cccc(OC)c1. The van der Waals surface area contributed by atoms with E-state index in [1.165, 1.54) is 11.8 Å². The molecule has 2 N–H and O–H groups in total. The molecule has 0 fully saturated rings. The topological polar surface area (TPSA) is 61.5 Å². The Balaban J connectivity index is 2.60. The fourth-order valence-electron chi connectivity index (χ4n) is 1.28. The van der Waals surface area contributed by atoms with Crippen molar-refractivity contribution >= 4 is 17.7 Å². The molecule has 0 aliphatic heterocycles. The zero-order valence-corrected chi connectivity index (χ0v) is 11.8. The van der Waals surface area contributed by atoms with E-state index in [1.807, 2.05) is 24.3 Å². The molecule has 0 heterocycles. The first-order chi connectivity index (χ1) is 8.49. The smallest absolute Gasteiger partial charge is 0.326 e. The second kappa shape index (κ2) is 6.66. The molecule has 0 radical (unpaired) electrons. The minimum absolute atomic E-state index is 0.343. The lowest BCUT2D eigenvalue weighted by atomic mass is 10.1. The zero-order valence-electron chi connectivity index (χ0n) is 10.9. The maximum atomic E-state index is 11.6. The van der Waals surface area contributed by atoms with Gasteiger partial charge in [0.05, 0.1) is 13.7 Å². The first kappa shape index (κ1) is 14.9. The van der Waals surface area contributed by atoms with E-state index in [0.717, 1.165) is 10.6 Å². The van der Waals surface area contributed by atoms with Gasteiger partial charge in [0.1, 0.15) is 11.3 Å². The van der Waals surface area contributed by atoms with Gasteiger partial charge in [-0.25, -0.2) is 0 Å². The number of rotatable bonds is 6. The maximum absolute atomic E-state index is 11.6. The molecule has 5 heteroatoms. The van der Waals surface area contributed by atoms with Crippen molar-refractivity contribution in [2.75, 3.05) is 19.5 Å². The number of carbonyl (C=O) groups excluding carboxylic acids is 1. The second-order valence-corrected chi connectivity index (χ2v) is 5.15. The molecular weight excluding hydrogens is 250 g/mol. The summed E-state index contributed by atoms with van der Waals surface area (Å²) in [6.07, 6.45) is 0. The predicted molar refractivity (Wildman–Crippen MR) is 72.9 cm³/mol. The van der Waals surface area contributed by atoms with Crippen LogP contribution in [0.25, 0.3) is 0 Å². The minimum atomic E-state index is -0.982. The van der Waals surface area contributed by atoms with E-state index >= 15 is 0 Å². The fourth-order valence-corrected chi connectivity index (χ4v) is 2.24. The van der Waals surface area contributed by atoms with E-state index in [2.05, 4.69) is 0 Å². The number of carbonyl (C=O) groups is 1. The lowest BCUT2D eigenvalue weighted by Crippen LogP contribution is -2.48. The normalized spacial score (nSPS) is 13.8. The van der Waals surface area contributed by atoms with Gasteiger partial charge < -0.3 is 15.2 Å². The van der Waals surface area contributed by atoms with Gasteiger partial charge in [-0.15, -0.1) is 11.8 Å². The van der Waals surface area contributed by atoms with Crippen molar-refractivity contribution in [1.29, 1.82) is 0 Å². The van der Waals surface area contributed by atoms with Gasteiger partial charge in [-0.1, -0.05) is 6.07 Å². The first-order valence-electron chi connectivity index (χ1n) is 5.72. The number of nitrogens with two attached hydrogens (primary N) is 1. The van der Waals surface area contributed by atoms with Crippen molar-refractivity contribution in [1.82, 2.24) is 0 Å². The average molecular weight is 269 g/mol. The predicted octanol–water partition coefficient (Wildman–Crippen LogP) is 2.07. The number of hydrogen-bond acceptors (Lipinski definition) is 5. The number of thioether (sulfide) groups is 1. The van der Waals surface area contributed by atoms with E-state index in [9.17, 15) is 4.79 Å². The van der Waals surface area contributed by atoms with E-state index in [1.54, 1.807) is 21.0 Å². The Morgan fingerprint density at radius 2 is 2.22 bits per heavy atom. The molecular formula is C13H19NO3S. The van der Waals surface area contributed by atoms with Gasteiger partial charge in [0.25, 0.3) is 0 Å². The number of methoxy groups -OCH3 is 1. The summed E-state index contributed by atoms with van der Waals surface area (Å²) in [5.74, 6) is 0.870. The summed E-state index contributed by atoms with van der Waals surface area (Å²) in [5, 5.41) is 0. The van der Waals surface area contributed by atoms with Crippen molar-refractivity contribution in [3.05, 3.63) is 24.3 Å². The minimum Gasteiger partial charge on any atom is -0.497 e. The summed E-state index contributed by atoms with van der Waals surface area (Å²) in [7, 11) is 1.62. The van der Waals surface area contributed by atoms with Crippen LogP contribution in [0.15, 0.2) is 29.2 Å². The Morgan fingerprint density at radius 3 is 2.83 bits per heavy atom. The first-order valence-corrected chi connectivity index (χ1v) is 6.71. The molecule has 0 aliphatic rings. The van der Waals surface area contributed by atoms with Crippen molar-refractivity contribution in [2.24, 2.45) is 5.73 Å². The Hall–Kier alpha value is -1.20. The summed E-state index contributed by atoms with van der Waals surface area (Å²) < 4.78 is 10.1. The molecule has 0 aliphatic carbocycles. The molecule has 1 aromatic carbocycles. The van der Waals surface area contributed by atoms with Crippen LogP contribution in [0, 0.1) is 0 Å². The number of esters is 1. The third-order valence-electron chi connectivity index (χ3n) is 2.32. The number of benzene rings is 1. The van der Waals surface area contributed by atoms with Gasteiger partial charge in [0.15, 0.2) is 0 Å². The fraction of sp³-hybridized carbons (Fsp3) is 0.462. The molecule has 0 amide bonds.